The second-order valence-corrected chi connectivity index (χ2v) is 10.6. The van der Waals surface area contributed by atoms with Crippen molar-refractivity contribution in [2.45, 2.75) is 63.1 Å². The summed E-state index contributed by atoms with van der Waals surface area (Å²) >= 11 is 6.52. The molecule has 1 saturated heterocycles. The van der Waals surface area contributed by atoms with Crippen molar-refractivity contribution in [3.63, 3.8) is 0 Å². The summed E-state index contributed by atoms with van der Waals surface area (Å²) in [5.41, 5.74) is 5.16. The van der Waals surface area contributed by atoms with Crippen LogP contribution in [-0.2, 0) is 21.5 Å². The van der Waals surface area contributed by atoms with Crippen LogP contribution in [0, 0.1) is 0 Å². The van der Waals surface area contributed by atoms with Crippen LogP contribution in [0.3, 0.4) is 0 Å². The summed E-state index contributed by atoms with van der Waals surface area (Å²) in [7, 11) is 0. The Labute approximate surface area is 217 Å². The molecular formula is C30H33ClO5. The van der Waals surface area contributed by atoms with Gasteiger partial charge in [0.1, 0.15) is 18.5 Å². The molecule has 0 amide bonds. The molecule has 36 heavy (non-hydrogen) atoms. The van der Waals surface area contributed by atoms with Crippen LogP contribution in [0.4, 0.5) is 0 Å². The van der Waals surface area contributed by atoms with E-state index < -0.39 is 6.10 Å². The molecule has 5 nitrogen and oxygen atoms in total. The summed E-state index contributed by atoms with van der Waals surface area (Å²) in [6.45, 7) is 4.54. The second-order valence-electron chi connectivity index (χ2n) is 10.2. The van der Waals surface area contributed by atoms with Gasteiger partial charge in [0.05, 0.1) is 30.5 Å². The minimum absolute atomic E-state index is 0.0941. The van der Waals surface area contributed by atoms with Crippen molar-refractivity contribution in [2.75, 3.05) is 13.2 Å². The quantitative estimate of drug-likeness (QED) is 0.416. The maximum absolute atomic E-state index is 10.2. The average molecular weight is 509 g/mol. The molecule has 0 radical (unpaired) electrons. The first-order valence-corrected chi connectivity index (χ1v) is 12.9. The predicted octanol–water partition coefficient (Wildman–Crippen LogP) is 5.89. The van der Waals surface area contributed by atoms with Gasteiger partial charge in [-0.2, -0.15) is 0 Å². The van der Waals surface area contributed by atoms with E-state index in [1.165, 1.54) is 11.1 Å². The van der Waals surface area contributed by atoms with Crippen molar-refractivity contribution in [3.8, 4) is 5.75 Å². The topological polar surface area (TPSA) is 68.2 Å². The van der Waals surface area contributed by atoms with E-state index in [1.54, 1.807) is 0 Å². The molecule has 0 aromatic heterocycles. The van der Waals surface area contributed by atoms with Gasteiger partial charge in [-0.25, -0.2) is 0 Å². The smallest absolute Gasteiger partial charge is 0.119 e. The van der Waals surface area contributed by atoms with E-state index in [4.69, 9.17) is 25.8 Å². The van der Waals surface area contributed by atoms with Gasteiger partial charge in [-0.05, 0) is 66.3 Å². The Balaban J connectivity index is 1.23. The maximum Gasteiger partial charge on any atom is 0.119 e. The van der Waals surface area contributed by atoms with Crippen molar-refractivity contribution in [1.29, 1.82) is 0 Å². The van der Waals surface area contributed by atoms with Crippen molar-refractivity contribution >= 4 is 11.6 Å². The normalized spacial score (nSPS) is 24.9. The Morgan fingerprint density at radius 3 is 2.58 bits per heavy atom. The molecule has 0 spiro atoms. The Morgan fingerprint density at radius 1 is 1.03 bits per heavy atom. The van der Waals surface area contributed by atoms with Crippen LogP contribution in [0.15, 0.2) is 66.7 Å². The minimum atomic E-state index is -0.484. The molecule has 2 aliphatic rings. The van der Waals surface area contributed by atoms with Crippen molar-refractivity contribution in [3.05, 3.63) is 99.6 Å². The minimum Gasteiger partial charge on any atom is -0.491 e. The van der Waals surface area contributed by atoms with Gasteiger partial charge in [0.25, 0.3) is 0 Å². The Bertz CT molecular complexity index is 1190. The van der Waals surface area contributed by atoms with Crippen LogP contribution in [0.2, 0.25) is 5.02 Å². The van der Waals surface area contributed by atoms with E-state index in [9.17, 15) is 10.2 Å². The van der Waals surface area contributed by atoms with E-state index in [1.807, 2.05) is 54.6 Å². The Morgan fingerprint density at radius 2 is 1.81 bits per heavy atom. The van der Waals surface area contributed by atoms with E-state index >= 15 is 0 Å². The van der Waals surface area contributed by atoms with E-state index in [-0.39, 0.29) is 30.5 Å². The highest BCUT2D eigenvalue weighted by Crippen LogP contribution is 2.43. The third kappa shape index (κ3) is 5.46. The van der Waals surface area contributed by atoms with Crippen molar-refractivity contribution < 1.29 is 24.4 Å². The Hall–Kier alpha value is -2.41. The molecule has 190 valence electrons. The van der Waals surface area contributed by atoms with Gasteiger partial charge in [-0.3, -0.25) is 0 Å². The molecule has 6 heteroatoms. The largest absolute Gasteiger partial charge is 0.491 e. The number of aliphatic hydroxyl groups excluding tert-OH is 2. The zero-order chi connectivity index (χ0) is 25.3. The van der Waals surface area contributed by atoms with Crippen LogP contribution in [-0.4, -0.2) is 35.6 Å². The van der Waals surface area contributed by atoms with Gasteiger partial charge in [0.2, 0.25) is 0 Å². The molecule has 3 aromatic rings. The third-order valence-electron chi connectivity index (χ3n) is 7.14. The highest BCUT2D eigenvalue weighted by Gasteiger charge is 2.37. The molecule has 3 aromatic carbocycles. The fourth-order valence-electron chi connectivity index (χ4n) is 5.28. The number of ether oxygens (including phenoxy) is 3. The summed E-state index contributed by atoms with van der Waals surface area (Å²) in [5, 5.41) is 20.3. The molecule has 1 fully saturated rings. The van der Waals surface area contributed by atoms with Crippen LogP contribution in [0.1, 0.15) is 66.7 Å². The molecule has 4 unspecified atom stereocenters. The highest BCUT2D eigenvalue weighted by molar-refractivity contribution is 6.31. The zero-order valence-electron chi connectivity index (χ0n) is 20.7. The third-order valence-corrected chi connectivity index (χ3v) is 7.50. The lowest BCUT2D eigenvalue weighted by molar-refractivity contribution is -0.113. The lowest BCUT2D eigenvalue weighted by Crippen LogP contribution is -2.33. The summed E-state index contributed by atoms with van der Waals surface area (Å²) in [6, 6.07) is 22.2. The number of hydrogen-bond donors (Lipinski definition) is 2. The molecule has 0 aliphatic carbocycles. The fraction of sp³-hybridized carbons (Fsp3) is 0.400. The van der Waals surface area contributed by atoms with Crippen LogP contribution in [0.5, 0.6) is 5.75 Å². The van der Waals surface area contributed by atoms with E-state index in [0.717, 1.165) is 22.4 Å². The monoisotopic (exact) mass is 508 g/mol. The van der Waals surface area contributed by atoms with Gasteiger partial charge in [0.15, 0.2) is 0 Å². The number of fused-ring (bicyclic) bond motifs is 1. The number of halogens is 1. The first-order valence-electron chi connectivity index (χ1n) is 12.5. The number of hydrogen-bond acceptors (Lipinski definition) is 5. The number of benzene rings is 3. The first kappa shape index (κ1) is 25.2. The molecular weight excluding hydrogens is 476 g/mol. The van der Waals surface area contributed by atoms with Crippen LogP contribution in [0.25, 0.3) is 0 Å². The highest BCUT2D eigenvalue weighted by atomic mass is 35.5. The van der Waals surface area contributed by atoms with Crippen molar-refractivity contribution in [2.24, 2.45) is 0 Å². The SMILES string of the molecule is CC1(C)OC(COc2ccc(Cc3cc(C4CC(O)CC(CO)O4)ccc3Cl)cc2)c2ccccc21. The van der Waals surface area contributed by atoms with Gasteiger partial charge >= 0.3 is 0 Å². The number of aliphatic hydroxyl groups is 2. The second kappa shape index (κ2) is 10.5. The summed E-state index contributed by atoms with van der Waals surface area (Å²) < 4.78 is 18.3. The molecule has 4 atom stereocenters. The van der Waals surface area contributed by atoms with Crippen molar-refractivity contribution in [1.82, 2.24) is 0 Å². The molecule has 5 rings (SSSR count). The maximum atomic E-state index is 10.2. The molecule has 2 N–H and O–H groups in total. The van der Waals surface area contributed by atoms with Gasteiger partial charge in [0, 0.05) is 17.9 Å². The zero-order valence-corrected chi connectivity index (χ0v) is 21.4. The standard InChI is InChI=1S/C30H33ClO5/c1-30(2)26-6-4-3-5-25(26)29(36-30)18-34-23-10-7-19(8-11-23)13-21-14-20(9-12-27(21)31)28-16-22(33)15-24(17-32)35-28/h3-12,14,22,24,28-29,32-33H,13,15-18H2,1-2H3. The van der Waals surface area contributed by atoms with Crippen LogP contribution < -0.4 is 4.74 Å². The van der Waals surface area contributed by atoms with Gasteiger partial charge in [-0.1, -0.05) is 60.1 Å². The van der Waals surface area contributed by atoms with E-state index in [2.05, 4.69) is 26.0 Å². The molecule has 0 saturated carbocycles. The van der Waals surface area contributed by atoms with Gasteiger partial charge in [-0.15, -0.1) is 0 Å². The average Bonchev–Trinajstić information content (AvgIpc) is 3.14. The van der Waals surface area contributed by atoms with E-state index in [0.29, 0.717) is 30.9 Å². The first-order chi connectivity index (χ1) is 17.3. The fourth-order valence-corrected chi connectivity index (χ4v) is 5.47. The van der Waals surface area contributed by atoms with Gasteiger partial charge < -0.3 is 24.4 Å². The molecule has 2 aliphatic heterocycles. The molecule has 2 heterocycles. The van der Waals surface area contributed by atoms with Crippen LogP contribution >= 0.6 is 11.6 Å². The predicted molar refractivity (Wildman–Crippen MR) is 139 cm³/mol. The number of rotatable bonds is 7. The lowest BCUT2D eigenvalue weighted by Gasteiger charge is -2.32. The lowest BCUT2D eigenvalue weighted by atomic mass is 9.94. The Kier molecular flexibility index (Phi) is 7.38. The summed E-state index contributed by atoms with van der Waals surface area (Å²) in [5.74, 6) is 0.795. The summed E-state index contributed by atoms with van der Waals surface area (Å²) in [6.07, 6.45) is 0.448. The summed E-state index contributed by atoms with van der Waals surface area (Å²) in [4.78, 5) is 0. The molecule has 0 bridgehead atoms.